The molecule has 0 aliphatic heterocycles. The van der Waals surface area contributed by atoms with Gasteiger partial charge in [-0.15, -0.1) is 0 Å². The first-order valence-corrected chi connectivity index (χ1v) is 7.88. The van der Waals surface area contributed by atoms with E-state index in [4.69, 9.17) is 0 Å². The molecule has 0 bridgehead atoms. The predicted molar refractivity (Wildman–Crippen MR) is 74.4 cm³/mol. The molecule has 0 heterocycles. The maximum atomic E-state index is 2.63. The van der Waals surface area contributed by atoms with Crippen LogP contribution >= 0.6 is 0 Å². The van der Waals surface area contributed by atoms with Crippen molar-refractivity contribution in [1.82, 2.24) is 0 Å². The van der Waals surface area contributed by atoms with Gasteiger partial charge < -0.3 is 0 Å². The molecule has 0 radical (unpaired) electrons. The van der Waals surface area contributed by atoms with Crippen LogP contribution in [0, 0.1) is 0 Å². The molecule has 0 aliphatic carbocycles. The van der Waals surface area contributed by atoms with Crippen molar-refractivity contribution in [3.63, 3.8) is 0 Å². The third-order valence-electron chi connectivity index (χ3n) is 3.02. The van der Waals surface area contributed by atoms with Gasteiger partial charge in [0.05, 0.1) is 0 Å². The number of rotatable bonds is 8. The summed E-state index contributed by atoms with van der Waals surface area (Å²) in [4.78, 5) is 0. The zero-order chi connectivity index (χ0) is 11.6. The molecule has 1 rings (SSSR count). The summed E-state index contributed by atoms with van der Waals surface area (Å²) in [6.45, 7) is 2.27. The van der Waals surface area contributed by atoms with Gasteiger partial charge >= 0.3 is 102 Å². The first kappa shape index (κ1) is 13.8. The van der Waals surface area contributed by atoms with Gasteiger partial charge in [-0.1, -0.05) is 6.92 Å². The molecule has 1 heteroatoms. The van der Waals surface area contributed by atoms with Crippen LogP contribution < -0.4 is 0 Å². The summed E-state index contributed by atoms with van der Waals surface area (Å²) in [5.74, 6) is 0. The van der Waals surface area contributed by atoms with E-state index in [0.29, 0.717) is 0 Å². The number of unbranched alkanes of at least 4 members (excludes halogenated alkanes) is 5. The molecule has 0 saturated heterocycles. The Hall–Kier alpha value is -0.261. The number of hydrogen-bond donors (Lipinski definition) is 0. The molecule has 0 saturated carbocycles. The van der Waals surface area contributed by atoms with Gasteiger partial charge in [0.1, 0.15) is 0 Å². The van der Waals surface area contributed by atoms with Crippen LogP contribution in [-0.4, -0.2) is 16.0 Å². The second-order valence-corrected chi connectivity index (χ2v) is 5.16. The Kier molecular flexibility index (Phi) is 7.63. The molecule has 0 nitrogen and oxygen atoms in total. The summed E-state index contributed by atoms with van der Waals surface area (Å²) < 4.78 is 0. The van der Waals surface area contributed by atoms with Crippen LogP contribution in [0.4, 0.5) is 0 Å². The van der Waals surface area contributed by atoms with Crippen molar-refractivity contribution < 1.29 is 0 Å². The van der Waals surface area contributed by atoms with Gasteiger partial charge in [-0.2, -0.15) is 0 Å². The number of aryl methyl sites for hydroxylation is 1. The van der Waals surface area contributed by atoms with Crippen molar-refractivity contribution in [3.05, 3.63) is 35.4 Å². The fourth-order valence-electron chi connectivity index (χ4n) is 1.92. The SMILES string of the molecule is CCCCCCCCc1ccc(C[SeH])cc1. The quantitative estimate of drug-likeness (QED) is 0.500. The Balaban J connectivity index is 2.12. The molecular formula is C15H24Se. The Morgan fingerprint density at radius 3 is 2.00 bits per heavy atom. The molecule has 0 fully saturated rings. The van der Waals surface area contributed by atoms with E-state index >= 15 is 0 Å². The third-order valence-corrected chi connectivity index (χ3v) is 3.79. The summed E-state index contributed by atoms with van der Waals surface area (Å²) in [5, 5.41) is 1.09. The van der Waals surface area contributed by atoms with Gasteiger partial charge in [0.15, 0.2) is 0 Å². The number of benzene rings is 1. The van der Waals surface area contributed by atoms with Crippen LogP contribution in [0.3, 0.4) is 0 Å². The Bertz CT molecular complexity index is 263. The van der Waals surface area contributed by atoms with E-state index in [1.165, 1.54) is 56.1 Å². The zero-order valence-electron chi connectivity index (χ0n) is 10.4. The van der Waals surface area contributed by atoms with Crippen LogP contribution in [0.2, 0.25) is 0 Å². The fraction of sp³-hybridized carbons (Fsp3) is 0.600. The van der Waals surface area contributed by atoms with Gasteiger partial charge in [-0.05, 0) is 0 Å². The van der Waals surface area contributed by atoms with Crippen LogP contribution in [0.1, 0.15) is 56.6 Å². The van der Waals surface area contributed by atoms with Crippen LogP contribution in [-0.2, 0) is 11.7 Å². The summed E-state index contributed by atoms with van der Waals surface area (Å²) in [5.41, 5.74) is 2.92. The minimum atomic E-state index is 1.09. The van der Waals surface area contributed by atoms with Crippen molar-refractivity contribution in [1.29, 1.82) is 0 Å². The molecule has 0 N–H and O–H groups in total. The molecule has 0 atom stereocenters. The first-order chi connectivity index (χ1) is 7.86. The molecule has 0 amide bonds. The molecular weight excluding hydrogens is 259 g/mol. The fourth-order valence-corrected chi connectivity index (χ4v) is 2.36. The Labute approximate surface area is 109 Å². The monoisotopic (exact) mass is 284 g/mol. The van der Waals surface area contributed by atoms with E-state index < -0.39 is 0 Å². The van der Waals surface area contributed by atoms with Crippen molar-refractivity contribution >= 4 is 16.0 Å². The molecule has 90 valence electrons. The molecule has 1 aromatic carbocycles. The van der Waals surface area contributed by atoms with E-state index in [1.54, 1.807) is 0 Å². The molecule has 0 unspecified atom stereocenters. The van der Waals surface area contributed by atoms with Gasteiger partial charge in [-0.3, -0.25) is 0 Å². The van der Waals surface area contributed by atoms with E-state index in [9.17, 15) is 0 Å². The standard InChI is InChI=1S/C15H24Se/c1-2-3-4-5-6-7-8-14-9-11-15(13-16)12-10-14/h9-12,16H,2-8,13H2,1H3. The Morgan fingerprint density at radius 1 is 0.812 bits per heavy atom. The van der Waals surface area contributed by atoms with Gasteiger partial charge in [0, 0.05) is 0 Å². The zero-order valence-corrected chi connectivity index (χ0v) is 12.3. The maximum absolute atomic E-state index is 2.63. The number of hydrogen-bond acceptors (Lipinski definition) is 0. The summed E-state index contributed by atoms with van der Waals surface area (Å²) in [6, 6.07) is 9.08. The second kappa shape index (κ2) is 8.84. The van der Waals surface area contributed by atoms with Gasteiger partial charge in [0.2, 0.25) is 0 Å². The van der Waals surface area contributed by atoms with Crippen molar-refractivity contribution in [3.8, 4) is 0 Å². The average Bonchev–Trinajstić information content (AvgIpc) is 2.34. The summed E-state index contributed by atoms with van der Waals surface area (Å²) in [7, 11) is 0. The third kappa shape index (κ3) is 5.72. The second-order valence-electron chi connectivity index (χ2n) is 4.49. The van der Waals surface area contributed by atoms with Crippen molar-refractivity contribution in [2.24, 2.45) is 0 Å². The predicted octanol–water partition coefficient (Wildman–Crippen LogP) is 3.99. The topological polar surface area (TPSA) is 0 Å². The van der Waals surface area contributed by atoms with E-state index in [1.807, 2.05) is 0 Å². The Morgan fingerprint density at radius 2 is 1.38 bits per heavy atom. The molecule has 0 aliphatic rings. The first-order valence-electron chi connectivity index (χ1n) is 6.55. The minimum absolute atomic E-state index is 1.09. The van der Waals surface area contributed by atoms with Gasteiger partial charge in [-0.25, -0.2) is 0 Å². The molecule has 0 aromatic heterocycles. The van der Waals surface area contributed by atoms with Crippen LogP contribution in [0.15, 0.2) is 24.3 Å². The molecule has 16 heavy (non-hydrogen) atoms. The normalized spacial score (nSPS) is 10.6. The molecule has 0 spiro atoms. The summed E-state index contributed by atoms with van der Waals surface area (Å²) >= 11 is 2.63. The van der Waals surface area contributed by atoms with Crippen molar-refractivity contribution in [2.45, 2.75) is 57.2 Å². The van der Waals surface area contributed by atoms with Crippen LogP contribution in [0.25, 0.3) is 0 Å². The average molecular weight is 283 g/mol. The molecule has 1 aromatic rings. The summed E-state index contributed by atoms with van der Waals surface area (Å²) in [6.07, 6.45) is 9.59. The van der Waals surface area contributed by atoms with E-state index in [0.717, 1.165) is 5.32 Å². The van der Waals surface area contributed by atoms with Crippen LogP contribution in [0.5, 0.6) is 0 Å². The van der Waals surface area contributed by atoms with Crippen molar-refractivity contribution in [2.75, 3.05) is 0 Å². The van der Waals surface area contributed by atoms with E-state index in [2.05, 4.69) is 47.2 Å². The van der Waals surface area contributed by atoms with Gasteiger partial charge in [0.25, 0.3) is 0 Å². The van der Waals surface area contributed by atoms with E-state index in [-0.39, 0.29) is 0 Å².